The van der Waals surface area contributed by atoms with Crippen LogP contribution in [0.4, 0.5) is 0 Å². The van der Waals surface area contributed by atoms with Gasteiger partial charge in [-0.1, -0.05) is 38.2 Å². The maximum absolute atomic E-state index is 10.8. The van der Waals surface area contributed by atoms with Crippen molar-refractivity contribution in [1.29, 1.82) is 0 Å². The molecule has 0 radical (unpaired) electrons. The molecule has 0 aromatic heterocycles. The highest BCUT2D eigenvalue weighted by atomic mass is 16.3. The molecule has 0 aromatic rings. The smallest absolute Gasteiger partial charge is 0.0884 e. The average molecular weight is 220 g/mol. The summed E-state index contributed by atoms with van der Waals surface area (Å²) in [5, 5.41) is 10.8. The molecule has 0 bridgehead atoms. The molecule has 0 heterocycles. The van der Waals surface area contributed by atoms with Crippen molar-refractivity contribution < 1.29 is 5.11 Å². The van der Waals surface area contributed by atoms with Crippen molar-refractivity contribution in [2.45, 2.75) is 52.1 Å². The lowest BCUT2D eigenvalue weighted by Gasteiger charge is -2.55. The van der Waals surface area contributed by atoms with Crippen molar-refractivity contribution in [2.24, 2.45) is 17.3 Å². The van der Waals surface area contributed by atoms with E-state index in [0.29, 0.717) is 11.8 Å². The maximum Gasteiger partial charge on any atom is 0.0884 e. The molecule has 0 aliphatic heterocycles. The zero-order valence-corrected chi connectivity index (χ0v) is 10.8. The van der Waals surface area contributed by atoms with Crippen molar-refractivity contribution >= 4 is 0 Å². The first-order valence-corrected chi connectivity index (χ1v) is 6.44. The molecule has 1 heteroatoms. The van der Waals surface area contributed by atoms with Gasteiger partial charge in [-0.25, -0.2) is 0 Å². The minimum Gasteiger partial charge on any atom is -0.385 e. The number of hydrogen-bond acceptors (Lipinski definition) is 1. The van der Waals surface area contributed by atoms with E-state index in [1.807, 2.05) is 0 Å². The fourth-order valence-electron chi connectivity index (χ4n) is 3.52. The second-order valence-electron chi connectivity index (χ2n) is 6.17. The fourth-order valence-corrected chi connectivity index (χ4v) is 3.52. The van der Waals surface area contributed by atoms with E-state index in [0.717, 1.165) is 25.7 Å². The minimum absolute atomic E-state index is 0.0314. The summed E-state index contributed by atoms with van der Waals surface area (Å²) in [4.78, 5) is 0. The summed E-state index contributed by atoms with van der Waals surface area (Å²) < 4.78 is 0. The van der Waals surface area contributed by atoms with Gasteiger partial charge in [0.2, 0.25) is 0 Å². The van der Waals surface area contributed by atoms with Crippen LogP contribution in [0.5, 0.6) is 0 Å². The van der Waals surface area contributed by atoms with Crippen LogP contribution in [-0.4, -0.2) is 10.7 Å². The van der Waals surface area contributed by atoms with Gasteiger partial charge < -0.3 is 5.11 Å². The first kappa shape index (κ1) is 11.9. The molecular formula is C15H24O. The minimum atomic E-state index is -0.573. The molecule has 2 aliphatic rings. The van der Waals surface area contributed by atoms with E-state index in [4.69, 9.17) is 0 Å². The van der Waals surface area contributed by atoms with Crippen molar-refractivity contribution in [3.05, 3.63) is 24.3 Å². The van der Waals surface area contributed by atoms with E-state index in [2.05, 4.69) is 39.5 Å². The molecule has 90 valence electrons. The molecule has 1 saturated carbocycles. The molecule has 1 nitrogen and oxygen atoms in total. The standard InChI is InChI=1S/C15H24O/c1-11(2)13-7-9-15(16)8-5-6-12(3)14(15,4)10-13/h5,8,12-13,16H,1,6-7,9-10H2,2-4H3/t12-,13-,14+,15+/m1/s1. The molecule has 0 saturated heterocycles. The van der Waals surface area contributed by atoms with E-state index in [9.17, 15) is 5.11 Å². The van der Waals surface area contributed by atoms with E-state index in [1.54, 1.807) is 0 Å². The Bertz CT molecular complexity index is 330. The van der Waals surface area contributed by atoms with Gasteiger partial charge in [-0.15, -0.1) is 0 Å². The van der Waals surface area contributed by atoms with Gasteiger partial charge in [0.1, 0.15) is 0 Å². The average Bonchev–Trinajstić information content (AvgIpc) is 2.20. The molecular weight excluding hydrogens is 196 g/mol. The zero-order chi connectivity index (χ0) is 12.0. The number of aliphatic hydroxyl groups is 1. The lowest BCUT2D eigenvalue weighted by Crippen LogP contribution is -2.54. The summed E-state index contributed by atoms with van der Waals surface area (Å²) in [5.41, 5.74) is 0.741. The summed E-state index contributed by atoms with van der Waals surface area (Å²) in [5.74, 6) is 1.16. The van der Waals surface area contributed by atoms with Crippen LogP contribution in [0.15, 0.2) is 24.3 Å². The van der Waals surface area contributed by atoms with E-state index in [-0.39, 0.29) is 5.41 Å². The summed E-state index contributed by atoms with van der Waals surface area (Å²) in [6, 6.07) is 0. The molecule has 4 atom stereocenters. The van der Waals surface area contributed by atoms with Gasteiger partial charge in [-0.3, -0.25) is 0 Å². The highest BCUT2D eigenvalue weighted by Crippen LogP contribution is 2.55. The summed E-state index contributed by atoms with van der Waals surface area (Å²) >= 11 is 0. The van der Waals surface area contributed by atoms with Gasteiger partial charge in [-0.05, 0) is 44.4 Å². The monoisotopic (exact) mass is 220 g/mol. The lowest BCUT2D eigenvalue weighted by molar-refractivity contribution is -0.112. The Hall–Kier alpha value is -0.560. The van der Waals surface area contributed by atoms with Gasteiger partial charge in [0.15, 0.2) is 0 Å². The number of hydrogen-bond donors (Lipinski definition) is 1. The second-order valence-corrected chi connectivity index (χ2v) is 6.17. The third-order valence-electron chi connectivity index (χ3n) is 5.20. The first-order chi connectivity index (χ1) is 7.39. The predicted molar refractivity (Wildman–Crippen MR) is 68.1 cm³/mol. The van der Waals surface area contributed by atoms with Crippen LogP contribution in [0, 0.1) is 17.3 Å². The van der Waals surface area contributed by atoms with Gasteiger partial charge in [0.05, 0.1) is 5.60 Å². The van der Waals surface area contributed by atoms with Crippen LogP contribution < -0.4 is 0 Å². The summed E-state index contributed by atoms with van der Waals surface area (Å²) in [6.45, 7) is 10.8. The van der Waals surface area contributed by atoms with Gasteiger partial charge in [0, 0.05) is 5.41 Å². The molecule has 0 unspecified atom stereocenters. The van der Waals surface area contributed by atoms with Gasteiger partial charge >= 0.3 is 0 Å². The molecule has 16 heavy (non-hydrogen) atoms. The SMILES string of the molecule is C=C(C)[C@@H]1CC[C@@]2(O)C=CC[C@@H](C)[C@]2(C)C1. The topological polar surface area (TPSA) is 20.2 Å². The van der Waals surface area contributed by atoms with Crippen molar-refractivity contribution in [1.82, 2.24) is 0 Å². The van der Waals surface area contributed by atoms with E-state index >= 15 is 0 Å². The summed E-state index contributed by atoms with van der Waals surface area (Å²) in [6.07, 6.45) is 8.38. The van der Waals surface area contributed by atoms with Crippen LogP contribution >= 0.6 is 0 Å². The Morgan fingerprint density at radius 1 is 1.50 bits per heavy atom. The van der Waals surface area contributed by atoms with Crippen molar-refractivity contribution in [2.75, 3.05) is 0 Å². The Labute approximate surface area is 99.3 Å². The van der Waals surface area contributed by atoms with Crippen molar-refractivity contribution in [3.8, 4) is 0 Å². The zero-order valence-electron chi connectivity index (χ0n) is 10.8. The van der Waals surface area contributed by atoms with Gasteiger partial charge in [0.25, 0.3) is 0 Å². The highest BCUT2D eigenvalue weighted by molar-refractivity contribution is 5.20. The molecule has 1 N–H and O–H groups in total. The normalized spacial score (nSPS) is 47.5. The van der Waals surface area contributed by atoms with E-state index < -0.39 is 5.60 Å². The first-order valence-electron chi connectivity index (χ1n) is 6.44. The van der Waals surface area contributed by atoms with Gasteiger partial charge in [-0.2, -0.15) is 0 Å². The molecule has 2 aliphatic carbocycles. The third-order valence-corrected chi connectivity index (χ3v) is 5.20. The predicted octanol–water partition coefficient (Wildman–Crippen LogP) is 3.70. The number of rotatable bonds is 1. The Kier molecular flexibility index (Phi) is 2.78. The third kappa shape index (κ3) is 1.57. The van der Waals surface area contributed by atoms with Crippen LogP contribution in [0.2, 0.25) is 0 Å². The van der Waals surface area contributed by atoms with Crippen LogP contribution in [0.3, 0.4) is 0 Å². The quantitative estimate of drug-likeness (QED) is 0.668. The number of allylic oxidation sites excluding steroid dienone is 2. The van der Waals surface area contributed by atoms with Crippen LogP contribution in [-0.2, 0) is 0 Å². The Morgan fingerprint density at radius 2 is 2.19 bits per heavy atom. The van der Waals surface area contributed by atoms with Crippen molar-refractivity contribution in [3.63, 3.8) is 0 Å². The molecule has 2 rings (SSSR count). The largest absolute Gasteiger partial charge is 0.385 e. The lowest BCUT2D eigenvalue weighted by atomic mass is 9.53. The van der Waals surface area contributed by atoms with E-state index in [1.165, 1.54) is 5.57 Å². The molecule has 0 amide bonds. The highest BCUT2D eigenvalue weighted by Gasteiger charge is 2.53. The molecule has 1 fully saturated rings. The summed E-state index contributed by atoms with van der Waals surface area (Å²) in [7, 11) is 0. The van der Waals surface area contributed by atoms with Crippen LogP contribution in [0.1, 0.15) is 46.5 Å². The molecule has 0 spiro atoms. The molecule has 0 aromatic carbocycles. The Morgan fingerprint density at radius 3 is 2.81 bits per heavy atom. The second kappa shape index (κ2) is 3.73. The number of fused-ring (bicyclic) bond motifs is 1. The maximum atomic E-state index is 10.8. The fraction of sp³-hybridized carbons (Fsp3) is 0.733. The Balaban J connectivity index is 2.32. The van der Waals surface area contributed by atoms with Crippen LogP contribution in [0.25, 0.3) is 0 Å².